The Morgan fingerprint density at radius 3 is 2.92 bits per heavy atom. The van der Waals surface area contributed by atoms with Crippen LogP contribution in [0.5, 0.6) is 0 Å². The second-order valence-electron chi connectivity index (χ2n) is 6.98. The van der Waals surface area contributed by atoms with Gasteiger partial charge < -0.3 is 0 Å². The van der Waals surface area contributed by atoms with Gasteiger partial charge in [0.1, 0.15) is 4.83 Å². The van der Waals surface area contributed by atoms with Crippen LogP contribution in [0.4, 0.5) is 0 Å². The maximum absolute atomic E-state index is 12.6. The predicted molar refractivity (Wildman–Crippen MR) is 106 cm³/mol. The average molecular weight is 366 g/mol. The first-order chi connectivity index (χ1) is 12.6. The number of aryl methyl sites for hydroxylation is 1. The standard InChI is InChI=1S/C20H22N4OS/c1-13-7-6-8-15(11-13)21-22-19(25)18-12-17-14(2)23-24(20(17)26-18)16-9-4-3-5-10-16/h3-5,9-10,12-13H,6-8,11H2,1-2H3,(H,22,25)/b21-15+. The van der Waals surface area contributed by atoms with Gasteiger partial charge in [0.15, 0.2) is 0 Å². The molecule has 1 unspecified atom stereocenters. The fraction of sp³-hybridized carbons (Fsp3) is 0.350. The van der Waals surface area contributed by atoms with Crippen LogP contribution in [0.1, 0.15) is 48.0 Å². The van der Waals surface area contributed by atoms with Gasteiger partial charge in [-0.15, -0.1) is 11.3 Å². The largest absolute Gasteiger partial charge is 0.281 e. The van der Waals surface area contributed by atoms with Crippen molar-refractivity contribution in [2.45, 2.75) is 39.5 Å². The van der Waals surface area contributed by atoms with E-state index < -0.39 is 0 Å². The smallest absolute Gasteiger partial charge is 0.266 e. The molecule has 26 heavy (non-hydrogen) atoms. The van der Waals surface area contributed by atoms with E-state index in [1.54, 1.807) is 0 Å². The molecule has 2 heterocycles. The Hall–Kier alpha value is -2.47. The summed E-state index contributed by atoms with van der Waals surface area (Å²) in [5.74, 6) is 0.513. The summed E-state index contributed by atoms with van der Waals surface area (Å²) >= 11 is 1.45. The van der Waals surface area contributed by atoms with Gasteiger partial charge in [-0.25, -0.2) is 10.1 Å². The highest BCUT2D eigenvalue weighted by Crippen LogP contribution is 2.30. The van der Waals surface area contributed by atoms with Gasteiger partial charge in [0.05, 0.1) is 16.3 Å². The maximum Gasteiger partial charge on any atom is 0.281 e. The van der Waals surface area contributed by atoms with Gasteiger partial charge in [-0.3, -0.25) is 4.79 Å². The highest BCUT2D eigenvalue weighted by atomic mass is 32.1. The fourth-order valence-electron chi connectivity index (χ4n) is 3.45. The molecule has 0 aliphatic heterocycles. The number of hydrazone groups is 1. The molecule has 0 saturated heterocycles. The third kappa shape index (κ3) is 3.29. The van der Waals surface area contributed by atoms with E-state index >= 15 is 0 Å². The number of carbonyl (C=O) groups excluding carboxylic acids is 1. The lowest BCUT2D eigenvalue weighted by molar-refractivity contribution is 0.0958. The quantitative estimate of drug-likeness (QED) is 0.684. The number of nitrogens with one attached hydrogen (secondary N) is 1. The summed E-state index contributed by atoms with van der Waals surface area (Å²) in [7, 11) is 0. The minimum absolute atomic E-state index is 0.143. The van der Waals surface area contributed by atoms with Gasteiger partial charge in [0.25, 0.3) is 5.91 Å². The lowest BCUT2D eigenvalue weighted by Crippen LogP contribution is -2.21. The molecule has 134 valence electrons. The second-order valence-corrected chi connectivity index (χ2v) is 8.01. The fourth-order valence-corrected chi connectivity index (χ4v) is 4.52. The minimum atomic E-state index is -0.143. The van der Waals surface area contributed by atoms with Gasteiger partial charge in [0, 0.05) is 11.1 Å². The first-order valence-corrected chi connectivity index (χ1v) is 9.84. The van der Waals surface area contributed by atoms with Crippen LogP contribution in [0.25, 0.3) is 15.9 Å². The van der Waals surface area contributed by atoms with Crippen LogP contribution in [-0.4, -0.2) is 21.4 Å². The zero-order chi connectivity index (χ0) is 18.1. The van der Waals surface area contributed by atoms with Crippen molar-refractivity contribution in [3.05, 3.63) is 47.0 Å². The van der Waals surface area contributed by atoms with E-state index in [1.807, 2.05) is 48.0 Å². The van der Waals surface area contributed by atoms with Crippen molar-refractivity contribution in [2.24, 2.45) is 11.0 Å². The summed E-state index contributed by atoms with van der Waals surface area (Å²) in [6, 6.07) is 11.9. The number of para-hydroxylation sites is 1. The van der Waals surface area contributed by atoms with Crippen LogP contribution >= 0.6 is 11.3 Å². The number of amides is 1. The van der Waals surface area contributed by atoms with E-state index in [2.05, 4.69) is 22.5 Å². The van der Waals surface area contributed by atoms with Crippen LogP contribution in [0.3, 0.4) is 0 Å². The molecule has 1 aliphatic carbocycles. The molecule has 0 radical (unpaired) electrons. The van der Waals surface area contributed by atoms with Crippen LogP contribution < -0.4 is 5.43 Å². The number of fused-ring (bicyclic) bond motifs is 1. The molecule has 6 heteroatoms. The van der Waals surface area contributed by atoms with Gasteiger partial charge in [-0.05, 0) is 56.7 Å². The molecule has 4 rings (SSSR count). The molecule has 1 amide bonds. The first kappa shape index (κ1) is 17.0. The van der Waals surface area contributed by atoms with Gasteiger partial charge in [0.2, 0.25) is 0 Å². The normalized spacial score (nSPS) is 19.2. The molecule has 1 saturated carbocycles. The van der Waals surface area contributed by atoms with Crippen molar-refractivity contribution in [2.75, 3.05) is 0 Å². The molecular weight excluding hydrogens is 344 g/mol. The average Bonchev–Trinajstić information content (AvgIpc) is 3.21. The zero-order valence-corrected chi connectivity index (χ0v) is 15.8. The molecule has 1 aliphatic rings. The third-order valence-corrected chi connectivity index (χ3v) is 5.94. The summed E-state index contributed by atoms with van der Waals surface area (Å²) in [5.41, 5.74) is 5.77. The van der Waals surface area contributed by atoms with Crippen molar-refractivity contribution in [1.29, 1.82) is 0 Å². The lowest BCUT2D eigenvalue weighted by atomic mass is 9.89. The Labute approximate surface area is 156 Å². The minimum Gasteiger partial charge on any atom is -0.266 e. The molecule has 0 spiro atoms. The molecule has 1 N–H and O–H groups in total. The van der Waals surface area contributed by atoms with E-state index in [0.717, 1.165) is 46.6 Å². The van der Waals surface area contributed by atoms with E-state index in [-0.39, 0.29) is 5.91 Å². The molecule has 1 atom stereocenters. The van der Waals surface area contributed by atoms with Crippen molar-refractivity contribution >= 4 is 33.2 Å². The molecule has 0 bridgehead atoms. The first-order valence-electron chi connectivity index (χ1n) is 9.02. The monoisotopic (exact) mass is 366 g/mol. The van der Waals surface area contributed by atoms with Crippen molar-refractivity contribution in [3.8, 4) is 5.69 Å². The Morgan fingerprint density at radius 2 is 2.15 bits per heavy atom. The summed E-state index contributed by atoms with van der Waals surface area (Å²) in [6.07, 6.45) is 4.37. The number of rotatable bonds is 3. The maximum atomic E-state index is 12.6. The number of aromatic nitrogens is 2. The highest BCUT2D eigenvalue weighted by molar-refractivity contribution is 7.20. The van der Waals surface area contributed by atoms with E-state index in [0.29, 0.717) is 10.8 Å². The SMILES string of the molecule is Cc1nn(-c2ccccc2)c2sc(C(=O)N/N=C3\CCCC(C)C3)cc12. The van der Waals surface area contributed by atoms with Crippen molar-refractivity contribution in [3.63, 3.8) is 0 Å². The molecule has 2 aromatic heterocycles. The summed E-state index contributed by atoms with van der Waals surface area (Å²) in [5, 5.41) is 10.0. The van der Waals surface area contributed by atoms with Crippen LogP contribution in [0.2, 0.25) is 0 Å². The molecule has 1 fully saturated rings. The lowest BCUT2D eigenvalue weighted by Gasteiger charge is -2.18. The Kier molecular flexibility index (Phi) is 4.59. The van der Waals surface area contributed by atoms with Crippen LogP contribution in [-0.2, 0) is 0 Å². The summed E-state index contributed by atoms with van der Waals surface area (Å²) < 4.78 is 1.90. The van der Waals surface area contributed by atoms with Gasteiger partial charge >= 0.3 is 0 Å². The highest BCUT2D eigenvalue weighted by Gasteiger charge is 2.18. The molecule has 5 nitrogen and oxygen atoms in total. The van der Waals surface area contributed by atoms with Gasteiger partial charge in [-0.1, -0.05) is 25.1 Å². The van der Waals surface area contributed by atoms with Crippen LogP contribution in [0, 0.1) is 12.8 Å². The molecule has 3 aromatic rings. The Balaban J connectivity index is 1.59. The van der Waals surface area contributed by atoms with Gasteiger partial charge in [-0.2, -0.15) is 10.2 Å². The van der Waals surface area contributed by atoms with Crippen molar-refractivity contribution < 1.29 is 4.79 Å². The topological polar surface area (TPSA) is 59.3 Å². The number of hydrogen-bond acceptors (Lipinski definition) is 4. The predicted octanol–water partition coefficient (Wildman–Crippen LogP) is 4.69. The van der Waals surface area contributed by atoms with E-state index in [4.69, 9.17) is 0 Å². The number of benzene rings is 1. The molecule has 1 aromatic carbocycles. The number of nitrogens with zero attached hydrogens (tertiary/aromatic N) is 3. The van der Waals surface area contributed by atoms with Crippen LogP contribution in [0.15, 0.2) is 41.5 Å². The third-order valence-electron chi connectivity index (χ3n) is 4.83. The van der Waals surface area contributed by atoms with E-state index in [1.165, 1.54) is 17.8 Å². The summed E-state index contributed by atoms with van der Waals surface area (Å²) in [4.78, 5) is 14.2. The Bertz CT molecular complexity index is 971. The molecular formula is C20H22N4OS. The zero-order valence-electron chi connectivity index (χ0n) is 15.0. The number of carbonyl (C=O) groups is 1. The van der Waals surface area contributed by atoms with E-state index in [9.17, 15) is 4.79 Å². The number of hydrogen-bond donors (Lipinski definition) is 1. The van der Waals surface area contributed by atoms with Crippen molar-refractivity contribution in [1.82, 2.24) is 15.2 Å². The Morgan fingerprint density at radius 1 is 1.35 bits per heavy atom. The number of thiophene rings is 1. The second kappa shape index (κ2) is 7.03. The summed E-state index contributed by atoms with van der Waals surface area (Å²) in [6.45, 7) is 4.21.